The van der Waals surface area contributed by atoms with Gasteiger partial charge in [0.2, 0.25) is 0 Å². The summed E-state index contributed by atoms with van der Waals surface area (Å²) in [6.07, 6.45) is 6.37. The maximum Gasteiger partial charge on any atom is 0.396 e. The highest BCUT2D eigenvalue weighted by atomic mass is 31.2. The molecule has 0 amide bonds. The quantitative estimate of drug-likeness (QED) is 0.455. The molecule has 4 nitrogen and oxygen atoms in total. The van der Waals surface area contributed by atoms with Crippen molar-refractivity contribution in [2.75, 3.05) is 13.2 Å². The van der Waals surface area contributed by atoms with Gasteiger partial charge >= 0.3 is 8.09 Å². The van der Waals surface area contributed by atoms with Crippen LogP contribution in [-0.2, 0) is 4.52 Å². The van der Waals surface area contributed by atoms with Gasteiger partial charge in [0.25, 0.3) is 0 Å². The summed E-state index contributed by atoms with van der Waals surface area (Å²) < 4.78 is 12.6. The van der Waals surface area contributed by atoms with Gasteiger partial charge < -0.3 is 4.89 Å². The lowest BCUT2D eigenvalue weighted by Crippen LogP contribution is -2.38. The zero-order valence-corrected chi connectivity index (χ0v) is 14.1. The molecule has 22 heavy (non-hydrogen) atoms. The minimum atomic E-state index is -3.35. The molecule has 1 fully saturated rings. The van der Waals surface area contributed by atoms with Gasteiger partial charge in [-0.2, -0.15) is 9.19 Å². The molecule has 0 aromatic heterocycles. The van der Waals surface area contributed by atoms with E-state index < -0.39 is 8.09 Å². The van der Waals surface area contributed by atoms with Crippen molar-refractivity contribution in [3.63, 3.8) is 0 Å². The van der Waals surface area contributed by atoms with Crippen molar-refractivity contribution in [2.45, 2.75) is 45.4 Å². The summed E-state index contributed by atoms with van der Waals surface area (Å²) in [7, 11) is -3.35. The molecular formula is C17H24NO3P. The van der Waals surface area contributed by atoms with Crippen molar-refractivity contribution in [1.82, 2.24) is 4.67 Å². The Labute approximate surface area is 134 Å². The van der Waals surface area contributed by atoms with Gasteiger partial charge in [-0.25, -0.2) is 0 Å². The highest BCUT2D eigenvalue weighted by Crippen LogP contribution is 2.57. The Morgan fingerprint density at radius 2 is 2.09 bits per heavy atom. The summed E-state index contributed by atoms with van der Waals surface area (Å²) in [5, 5.41) is 0. The Bertz CT molecular complexity index is 500. The first-order valence-electron chi connectivity index (χ1n) is 8.00. The Morgan fingerprint density at radius 1 is 1.27 bits per heavy atom. The molecule has 1 heterocycles. The predicted molar refractivity (Wildman–Crippen MR) is 87.8 cm³/mol. The first-order valence-corrected chi connectivity index (χ1v) is 9.50. The van der Waals surface area contributed by atoms with E-state index >= 15 is 0 Å². The summed E-state index contributed by atoms with van der Waals surface area (Å²) in [5.41, 5.74) is 0. The van der Waals surface area contributed by atoms with Crippen LogP contribution in [0.4, 0.5) is 0 Å². The van der Waals surface area contributed by atoms with Gasteiger partial charge in [-0.15, -0.1) is 0 Å². The van der Waals surface area contributed by atoms with Crippen LogP contribution in [0.25, 0.3) is 0 Å². The Hall–Kier alpha value is -1.27. The number of benzene rings is 1. The summed E-state index contributed by atoms with van der Waals surface area (Å²) in [5.74, 6) is 3.64. The molecule has 1 aromatic rings. The average Bonchev–Trinajstić information content (AvgIpc) is 2.53. The van der Waals surface area contributed by atoms with Gasteiger partial charge in [0, 0.05) is 12.5 Å². The van der Waals surface area contributed by atoms with Gasteiger partial charge in [-0.1, -0.05) is 50.3 Å². The Balaban J connectivity index is 1.94. The molecule has 0 saturated carbocycles. The molecule has 0 bridgehead atoms. The van der Waals surface area contributed by atoms with Crippen LogP contribution in [0.2, 0.25) is 0 Å². The zero-order chi connectivity index (χ0) is 15.7. The molecule has 0 N–H and O–H groups in total. The second kappa shape index (κ2) is 9.00. The Morgan fingerprint density at radius 3 is 2.86 bits per heavy atom. The van der Waals surface area contributed by atoms with Gasteiger partial charge in [0.05, 0.1) is 13.2 Å². The van der Waals surface area contributed by atoms with Gasteiger partial charge in [-0.3, -0.25) is 4.52 Å². The molecule has 2 rings (SSSR count). The molecule has 120 valence electrons. The lowest BCUT2D eigenvalue weighted by atomic mass is 10.2. The molecule has 0 radical (unpaired) electrons. The van der Waals surface area contributed by atoms with Gasteiger partial charge in [-0.05, 0) is 25.0 Å². The van der Waals surface area contributed by atoms with Crippen LogP contribution in [0.3, 0.4) is 0 Å². The number of para-hydroxylation sites is 1. The number of unbranched alkanes of at least 4 members (excludes halogenated alkanes) is 4. The third-order valence-electron chi connectivity index (χ3n) is 3.39. The SMILES string of the molecule is CCCCCCC#CN1CCCO[P+]1([O-])Oc1ccccc1. The number of rotatable bonds is 6. The zero-order valence-electron chi connectivity index (χ0n) is 13.2. The average molecular weight is 321 g/mol. The maximum atomic E-state index is 12.9. The van der Waals surface area contributed by atoms with Crippen LogP contribution >= 0.6 is 8.09 Å². The van der Waals surface area contributed by atoms with Crippen LogP contribution < -0.4 is 9.42 Å². The lowest BCUT2D eigenvalue weighted by molar-refractivity contribution is -0.227. The van der Waals surface area contributed by atoms with E-state index in [0.29, 0.717) is 18.9 Å². The van der Waals surface area contributed by atoms with Crippen molar-refractivity contribution in [2.24, 2.45) is 0 Å². The molecule has 0 spiro atoms. The fraction of sp³-hybridized carbons (Fsp3) is 0.529. The number of nitrogens with zero attached hydrogens (tertiary/aromatic N) is 1. The van der Waals surface area contributed by atoms with Gasteiger partial charge in [0.1, 0.15) is 0 Å². The van der Waals surface area contributed by atoms with Crippen LogP contribution in [0.1, 0.15) is 45.4 Å². The fourth-order valence-electron chi connectivity index (χ4n) is 2.18. The maximum absolute atomic E-state index is 12.9. The molecule has 1 aliphatic heterocycles. The first kappa shape index (κ1) is 17.1. The summed E-state index contributed by atoms with van der Waals surface area (Å²) in [4.78, 5) is 12.9. The van der Waals surface area contributed by atoms with Crippen LogP contribution in [0, 0.1) is 12.0 Å². The molecule has 0 aliphatic carbocycles. The fourth-order valence-corrected chi connectivity index (χ4v) is 3.80. The van der Waals surface area contributed by atoms with Crippen molar-refractivity contribution in [1.29, 1.82) is 0 Å². The molecule has 1 atom stereocenters. The third-order valence-corrected chi connectivity index (χ3v) is 5.23. The van der Waals surface area contributed by atoms with E-state index in [0.717, 1.165) is 19.3 Å². The van der Waals surface area contributed by atoms with Crippen molar-refractivity contribution in [3.05, 3.63) is 30.3 Å². The molecular weight excluding hydrogens is 297 g/mol. The van der Waals surface area contributed by atoms with E-state index in [1.54, 1.807) is 16.8 Å². The van der Waals surface area contributed by atoms with Crippen molar-refractivity contribution in [3.8, 4) is 17.7 Å². The van der Waals surface area contributed by atoms with Crippen LogP contribution in [0.5, 0.6) is 5.75 Å². The van der Waals surface area contributed by atoms with Gasteiger partial charge in [0.15, 0.2) is 5.75 Å². The first-order chi connectivity index (χ1) is 10.7. The second-order valence-corrected chi connectivity index (χ2v) is 7.14. The van der Waals surface area contributed by atoms with E-state index in [-0.39, 0.29) is 0 Å². The van der Waals surface area contributed by atoms with Crippen molar-refractivity contribution >= 4 is 8.09 Å². The van der Waals surface area contributed by atoms with E-state index in [2.05, 4.69) is 18.9 Å². The minimum absolute atomic E-state index is 0.443. The molecule has 5 heteroatoms. The molecule has 1 aromatic carbocycles. The standard InChI is InChI=1S/C17H24NO3P/c1-2-3-4-5-6-10-14-18-15-11-16-20-22(18,19)21-17-12-8-7-9-13-17/h7-9,12-13H,2-6,11,15-16H2,1H3. The van der Waals surface area contributed by atoms with E-state index in [1.165, 1.54) is 19.3 Å². The second-order valence-electron chi connectivity index (χ2n) is 5.28. The number of hydrogen-bond donors (Lipinski definition) is 0. The lowest BCUT2D eigenvalue weighted by Gasteiger charge is -2.36. The van der Waals surface area contributed by atoms with Crippen LogP contribution in [-0.4, -0.2) is 17.8 Å². The molecule has 1 saturated heterocycles. The summed E-state index contributed by atoms with van der Waals surface area (Å²) in [6.45, 7) is 3.25. The summed E-state index contributed by atoms with van der Waals surface area (Å²) in [6, 6.07) is 12.1. The predicted octanol–water partition coefficient (Wildman–Crippen LogP) is 3.76. The monoisotopic (exact) mass is 321 g/mol. The molecule has 1 unspecified atom stereocenters. The normalized spacial score (nSPS) is 21.1. The van der Waals surface area contributed by atoms with Crippen LogP contribution in [0.15, 0.2) is 30.3 Å². The topological polar surface area (TPSA) is 44.8 Å². The summed E-state index contributed by atoms with van der Waals surface area (Å²) >= 11 is 0. The third kappa shape index (κ3) is 5.18. The Kier molecular flexibility index (Phi) is 6.99. The minimum Gasteiger partial charge on any atom is -0.604 e. The highest BCUT2D eigenvalue weighted by molar-refractivity contribution is 7.57. The van der Waals surface area contributed by atoms with E-state index in [9.17, 15) is 4.89 Å². The molecule has 1 aliphatic rings. The number of hydrogen-bond acceptors (Lipinski definition) is 4. The highest BCUT2D eigenvalue weighted by Gasteiger charge is 2.42. The smallest absolute Gasteiger partial charge is 0.396 e. The van der Waals surface area contributed by atoms with E-state index in [1.807, 2.05) is 18.2 Å². The van der Waals surface area contributed by atoms with Crippen molar-refractivity contribution < 1.29 is 13.9 Å². The largest absolute Gasteiger partial charge is 0.604 e. The van der Waals surface area contributed by atoms with E-state index in [4.69, 9.17) is 9.05 Å².